The molecule has 14 heteroatoms. The van der Waals surface area contributed by atoms with Crippen LogP contribution in [0.3, 0.4) is 0 Å². The van der Waals surface area contributed by atoms with Crippen LogP contribution < -0.4 is 9.47 Å². The molecule has 3 aromatic heterocycles. The summed E-state index contributed by atoms with van der Waals surface area (Å²) in [6, 6.07) is 5.27. The van der Waals surface area contributed by atoms with E-state index in [0.29, 0.717) is 4.47 Å². The molecule has 6 heterocycles. The van der Waals surface area contributed by atoms with Crippen molar-refractivity contribution in [2.45, 2.75) is 96.1 Å². The fourth-order valence-electron chi connectivity index (χ4n) is 4.31. The number of ether oxygens (including phenoxy) is 5. The van der Waals surface area contributed by atoms with Crippen molar-refractivity contribution in [3.63, 3.8) is 0 Å². The number of aliphatic hydroxyl groups excluding tert-OH is 1. The number of halogens is 3. The topological polar surface area (TPSA) is 105 Å². The zero-order valence-corrected chi connectivity index (χ0v) is 37.6. The molecule has 0 aliphatic carbocycles. The minimum absolute atomic E-state index is 0.0891. The van der Waals surface area contributed by atoms with Gasteiger partial charge in [-0.3, -0.25) is 15.0 Å². The average molecular weight is 910 g/mol. The summed E-state index contributed by atoms with van der Waals surface area (Å²) in [5, 5.41) is 8.83. The molecule has 0 aromatic carbocycles. The number of aliphatic hydroxyl groups is 1. The molecule has 0 radical (unpaired) electrons. The van der Waals surface area contributed by atoms with Gasteiger partial charge in [-0.25, -0.2) is 4.39 Å². The second-order valence-corrected chi connectivity index (χ2v) is 26.0. The van der Waals surface area contributed by atoms with E-state index in [9.17, 15) is 4.39 Å². The quantitative estimate of drug-likeness (QED) is 0.203. The highest BCUT2D eigenvalue weighted by Gasteiger charge is 2.16. The molecule has 0 unspecified atom stereocenters. The first kappa shape index (κ1) is 47.5. The second kappa shape index (κ2) is 26.2. The maximum atomic E-state index is 12.1. The zero-order valence-electron chi connectivity index (χ0n) is 32.5. The molecule has 0 amide bonds. The van der Waals surface area contributed by atoms with Gasteiger partial charge >= 0.3 is 0 Å². The van der Waals surface area contributed by atoms with Gasteiger partial charge in [-0.2, -0.15) is 0 Å². The van der Waals surface area contributed by atoms with Crippen molar-refractivity contribution < 1.29 is 33.2 Å². The first-order valence-corrected chi connectivity index (χ1v) is 26.8. The van der Waals surface area contributed by atoms with Crippen molar-refractivity contribution in [3.8, 4) is 34.9 Å². The number of hydrogen-bond donors (Lipinski definition) is 1. The normalized spacial score (nSPS) is 16.3. The monoisotopic (exact) mass is 907 g/mol. The van der Waals surface area contributed by atoms with Crippen LogP contribution in [0.15, 0.2) is 64.3 Å². The summed E-state index contributed by atoms with van der Waals surface area (Å²) < 4.78 is 40.9. The van der Waals surface area contributed by atoms with Gasteiger partial charge in [0.25, 0.3) is 0 Å². The summed E-state index contributed by atoms with van der Waals surface area (Å²) in [6.45, 7) is 17.8. The smallest absolute Gasteiger partial charge is 0.142 e. The van der Waals surface area contributed by atoms with Crippen LogP contribution in [0.5, 0.6) is 11.5 Å². The molecule has 3 fully saturated rings. The molecule has 0 saturated carbocycles. The Morgan fingerprint density at radius 2 is 1.09 bits per heavy atom. The van der Waals surface area contributed by atoms with Crippen molar-refractivity contribution in [3.05, 3.63) is 75.7 Å². The van der Waals surface area contributed by atoms with Gasteiger partial charge < -0.3 is 28.8 Å². The van der Waals surface area contributed by atoms with Gasteiger partial charge in [-0.05, 0) is 62.9 Å². The van der Waals surface area contributed by atoms with Crippen LogP contribution in [-0.2, 0) is 14.2 Å². The minimum Gasteiger partial charge on any atom is -0.489 e. The third-order valence-corrected chi connectivity index (χ3v) is 9.82. The predicted octanol–water partition coefficient (Wildman–Crippen LogP) is 8.91. The van der Waals surface area contributed by atoms with Crippen molar-refractivity contribution >= 4 is 48.0 Å². The Balaban J connectivity index is 0.000000252. The highest BCUT2D eigenvalue weighted by Crippen LogP contribution is 2.21. The predicted molar refractivity (Wildman–Crippen MR) is 225 cm³/mol. The molecule has 3 aliphatic rings. The third-order valence-electron chi connectivity index (χ3n) is 7.21. The number of rotatable bonds is 4. The van der Waals surface area contributed by atoms with E-state index in [1.54, 1.807) is 24.8 Å². The SMILES string of the molecule is Brc1cncc(OC2CCOCC2)c1.C#C[Si](C)(C)C.C[Si](C)(C)C#Cc1cncc(OC2CCOCC2)c1.Fc1cncc(Br)c1.OC1CCOCC1. The molecule has 9 nitrogen and oxygen atoms in total. The molecule has 3 aromatic rings. The summed E-state index contributed by atoms with van der Waals surface area (Å²) in [5.74, 6) is 4.53. The summed E-state index contributed by atoms with van der Waals surface area (Å²) in [7, 11) is -2.45. The summed E-state index contributed by atoms with van der Waals surface area (Å²) >= 11 is 6.42. The van der Waals surface area contributed by atoms with Gasteiger partial charge in [0, 0.05) is 72.0 Å². The van der Waals surface area contributed by atoms with Crippen LogP contribution in [0.4, 0.5) is 4.39 Å². The fourth-order valence-corrected chi connectivity index (χ4v) is 5.51. The molecule has 0 spiro atoms. The molecular weight excluding hydrogens is 853 g/mol. The van der Waals surface area contributed by atoms with Gasteiger partial charge in [0.15, 0.2) is 0 Å². The van der Waals surface area contributed by atoms with E-state index in [1.807, 2.05) is 12.1 Å². The van der Waals surface area contributed by atoms with Crippen LogP contribution in [0.2, 0.25) is 39.3 Å². The van der Waals surface area contributed by atoms with Crippen LogP contribution in [0.25, 0.3) is 0 Å². The van der Waals surface area contributed by atoms with Crippen molar-refractivity contribution in [1.29, 1.82) is 0 Å². The molecular formula is C40H56Br2FN3O6Si2. The van der Waals surface area contributed by atoms with E-state index in [4.69, 9.17) is 35.2 Å². The van der Waals surface area contributed by atoms with E-state index >= 15 is 0 Å². The third kappa shape index (κ3) is 24.7. The Kier molecular flexibility index (Phi) is 23.1. The Labute approximate surface area is 340 Å². The first-order valence-electron chi connectivity index (χ1n) is 18.2. The van der Waals surface area contributed by atoms with Crippen LogP contribution in [0, 0.1) is 29.2 Å². The maximum Gasteiger partial charge on any atom is 0.142 e. The molecule has 6 rings (SSSR count). The van der Waals surface area contributed by atoms with E-state index in [2.05, 4.69) is 103 Å². The van der Waals surface area contributed by atoms with Gasteiger partial charge in [0.1, 0.15) is 45.7 Å². The van der Waals surface area contributed by atoms with Crippen LogP contribution in [0.1, 0.15) is 44.1 Å². The molecule has 1 N–H and O–H groups in total. The molecule has 0 bridgehead atoms. The standard InChI is InChI=1S/C15H21NO2Si.C10H12BrNO2.C5H3BrFN.C5H10O2.C5H10Si/c1-19(2,3)9-6-13-10-15(12-16-11-13)18-14-4-7-17-8-5-14;11-8-5-10(7-12-6-8)14-9-1-3-13-4-2-9;6-4-1-5(7)3-8-2-4;6-5-1-3-7-4-2-5;1-5-6(2,3)4/h10-12,14H,4-5,7-8H2,1-3H3;5-7,9H,1-4H2;1-3H;5-6H,1-4H2;1H,2-4H3. The highest BCUT2D eigenvalue weighted by molar-refractivity contribution is 9.10. The number of terminal acetylenes is 1. The van der Waals surface area contributed by atoms with Gasteiger partial charge in [0.2, 0.25) is 0 Å². The Bertz CT molecular complexity index is 1580. The number of nitrogens with zero attached hydrogens (tertiary/aromatic N) is 3. The first-order chi connectivity index (χ1) is 25.6. The second-order valence-electron chi connectivity index (χ2n) is 14.7. The van der Waals surface area contributed by atoms with E-state index in [0.717, 1.165) is 106 Å². The lowest BCUT2D eigenvalue weighted by Crippen LogP contribution is -2.25. The Hall–Kier alpha value is -2.67. The van der Waals surface area contributed by atoms with Crippen LogP contribution in [-0.4, -0.2) is 94.2 Å². The lowest BCUT2D eigenvalue weighted by Gasteiger charge is -2.23. The lowest BCUT2D eigenvalue weighted by atomic mass is 10.1. The van der Waals surface area contributed by atoms with E-state index in [-0.39, 0.29) is 24.1 Å². The zero-order chi connectivity index (χ0) is 39.8. The van der Waals surface area contributed by atoms with Crippen molar-refractivity contribution in [1.82, 2.24) is 15.0 Å². The number of pyridine rings is 3. The largest absolute Gasteiger partial charge is 0.489 e. The van der Waals surface area contributed by atoms with E-state index in [1.165, 1.54) is 12.3 Å². The summed E-state index contributed by atoms with van der Waals surface area (Å²) in [4.78, 5) is 11.8. The highest BCUT2D eigenvalue weighted by atomic mass is 79.9. The number of aromatic nitrogens is 3. The van der Waals surface area contributed by atoms with Gasteiger partial charge in [-0.15, -0.1) is 17.5 Å². The molecule has 296 valence electrons. The number of hydrogen-bond acceptors (Lipinski definition) is 9. The fraction of sp³-hybridized carbons (Fsp3) is 0.525. The molecule has 0 atom stereocenters. The van der Waals surface area contributed by atoms with E-state index < -0.39 is 16.1 Å². The lowest BCUT2D eigenvalue weighted by molar-refractivity contribution is 0.0140. The Morgan fingerprint density at radius 3 is 1.46 bits per heavy atom. The molecule has 3 saturated heterocycles. The van der Waals surface area contributed by atoms with Crippen molar-refractivity contribution in [2.24, 2.45) is 0 Å². The molecule has 3 aliphatic heterocycles. The average Bonchev–Trinajstić information content (AvgIpc) is 3.13. The van der Waals surface area contributed by atoms with Gasteiger partial charge in [-0.1, -0.05) is 45.2 Å². The minimum atomic E-state index is -1.35. The van der Waals surface area contributed by atoms with Crippen molar-refractivity contribution in [2.75, 3.05) is 39.6 Å². The Morgan fingerprint density at radius 1 is 0.667 bits per heavy atom. The van der Waals surface area contributed by atoms with Crippen LogP contribution >= 0.6 is 31.9 Å². The summed E-state index contributed by atoms with van der Waals surface area (Å²) in [6.07, 6.45) is 20.7. The van der Waals surface area contributed by atoms with Gasteiger partial charge in [0.05, 0.1) is 51.1 Å². The maximum absolute atomic E-state index is 12.1. The summed E-state index contributed by atoms with van der Waals surface area (Å²) in [5.41, 5.74) is 7.02. The molecule has 54 heavy (non-hydrogen) atoms.